The normalized spacial score (nSPS) is 12.9. The summed E-state index contributed by atoms with van der Waals surface area (Å²) in [6.45, 7) is 2.58. The van der Waals surface area contributed by atoms with E-state index in [-0.39, 0.29) is 24.6 Å². The second-order valence-electron chi connectivity index (χ2n) is 9.65. The molecule has 0 N–H and O–H groups in total. The van der Waals surface area contributed by atoms with Gasteiger partial charge in [0, 0.05) is 8.80 Å². The fraction of sp³-hybridized carbons (Fsp3) is 0.273. The summed E-state index contributed by atoms with van der Waals surface area (Å²) in [5.74, 6) is 0. The Morgan fingerprint density at radius 1 is 0.472 bits per heavy atom. The fourth-order valence-electron chi connectivity index (χ4n) is 4.75. The van der Waals surface area contributed by atoms with Gasteiger partial charge >= 0.3 is 0 Å². The van der Waals surface area contributed by atoms with Crippen molar-refractivity contribution in [1.82, 2.24) is 0 Å². The second kappa shape index (κ2) is 15.3. The molecule has 0 bridgehead atoms. The lowest BCUT2D eigenvalue weighted by Crippen LogP contribution is -2.11. The molecule has 3 heteroatoms. The molecule has 2 unspecified atom stereocenters. The first-order chi connectivity index (χ1) is 17.8. The zero-order chi connectivity index (χ0) is 24.8. The molecule has 36 heavy (non-hydrogen) atoms. The first kappa shape index (κ1) is 27.0. The molecule has 0 amide bonds. The molecule has 0 saturated carbocycles. The maximum atomic E-state index is 2.58. The molecular weight excluding hydrogens is 486 g/mol. The van der Waals surface area contributed by atoms with Crippen molar-refractivity contribution in [3.8, 4) is 0 Å². The molecule has 1 radical (unpaired) electrons. The van der Waals surface area contributed by atoms with E-state index < -0.39 is 0 Å². The monoisotopic (exact) mass is 525 g/mol. The van der Waals surface area contributed by atoms with E-state index in [1.54, 1.807) is 10.6 Å². The third-order valence-electron chi connectivity index (χ3n) is 6.74. The van der Waals surface area contributed by atoms with Crippen molar-refractivity contribution in [3.05, 3.63) is 132 Å². The van der Waals surface area contributed by atoms with Crippen molar-refractivity contribution < 1.29 is 0 Å². The van der Waals surface area contributed by atoms with Gasteiger partial charge in [0.15, 0.2) is 0 Å². The maximum absolute atomic E-state index is 2.58. The van der Waals surface area contributed by atoms with Gasteiger partial charge in [-0.3, -0.25) is 0 Å². The van der Waals surface area contributed by atoms with Gasteiger partial charge in [-0.05, 0) is 46.4 Å². The Balaban J connectivity index is 1.26. The van der Waals surface area contributed by atoms with Gasteiger partial charge in [0.05, 0.1) is 0 Å². The summed E-state index contributed by atoms with van der Waals surface area (Å²) in [4.78, 5) is 0. The average molecular weight is 526 g/mol. The lowest BCUT2D eigenvalue weighted by Gasteiger charge is -2.21. The van der Waals surface area contributed by atoms with Gasteiger partial charge in [0.1, 0.15) is 0 Å². The molecule has 185 valence electrons. The lowest BCUT2D eigenvalue weighted by molar-refractivity contribution is 1.01. The van der Waals surface area contributed by atoms with Crippen LogP contribution in [0.5, 0.6) is 0 Å². The van der Waals surface area contributed by atoms with Gasteiger partial charge < -0.3 is 0 Å². The molecule has 0 spiro atoms. The Bertz CT molecular complexity index is 1010. The topological polar surface area (TPSA) is 0 Å². The van der Waals surface area contributed by atoms with E-state index in [0.29, 0.717) is 0 Å². The van der Waals surface area contributed by atoms with E-state index in [2.05, 4.69) is 128 Å². The van der Waals surface area contributed by atoms with Gasteiger partial charge in [0.25, 0.3) is 0 Å². The summed E-state index contributed by atoms with van der Waals surface area (Å²) >= 11 is 0. The van der Waals surface area contributed by atoms with Gasteiger partial charge in [-0.15, -0.1) is 0 Å². The van der Waals surface area contributed by atoms with Crippen LogP contribution >= 0.6 is 15.8 Å². The standard InChI is InChI=1S/C33H39P2Si/c1-36(26-14-24-34(32-20-10-4-11-21-32)28-30-16-6-2-7-17-30)27-15-25-35(33-22-12-5-13-23-33)29-31-18-8-3-9-19-31/h2-13,16-23H,14-15,24-29H2,1H3. The van der Waals surface area contributed by atoms with E-state index in [4.69, 9.17) is 0 Å². The Hall–Kier alpha value is -2.04. The second-order valence-corrected chi connectivity index (χ2v) is 17.3. The summed E-state index contributed by atoms with van der Waals surface area (Å²) < 4.78 is 0. The molecule has 0 heterocycles. The summed E-state index contributed by atoms with van der Waals surface area (Å²) in [5.41, 5.74) is 2.98. The van der Waals surface area contributed by atoms with Gasteiger partial charge in [0.2, 0.25) is 0 Å². The number of hydrogen-bond acceptors (Lipinski definition) is 0. The van der Waals surface area contributed by atoms with E-state index in [0.717, 1.165) is 0 Å². The Kier molecular flexibility index (Phi) is 11.4. The van der Waals surface area contributed by atoms with Crippen molar-refractivity contribution in [2.24, 2.45) is 0 Å². The molecule has 4 aromatic carbocycles. The largest absolute Gasteiger partial charge is 0.0711 e. The van der Waals surface area contributed by atoms with Crippen molar-refractivity contribution in [2.45, 2.75) is 43.8 Å². The number of hydrogen-bond donors (Lipinski definition) is 0. The van der Waals surface area contributed by atoms with Crippen molar-refractivity contribution >= 4 is 35.2 Å². The minimum atomic E-state index is -0.267. The van der Waals surface area contributed by atoms with Gasteiger partial charge in [-0.2, -0.15) is 0 Å². The first-order valence-electron chi connectivity index (χ1n) is 13.3. The van der Waals surface area contributed by atoms with Crippen LogP contribution in [-0.2, 0) is 12.3 Å². The quantitative estimate of drug-likeness (QED) is 0.114. The van der Waals surface area contributed by atoms with Gasteiger partial charge in [-0.1, -0.05) is 169 Å². The molecule has 0 aliphatic heterocycles. The molecule has 0 saturated heterocycles. The predicted molar refractivity (Wildman–Crippen MR) is 166 cm³/mol. The van der Waals surface area contributed by atoms with Crippen LogP contribution < -0.4 is 10.6 Å². The molecular formula is C33H39P2Si. The molecule has 0 aromatic heterocycles. The highest BCUT2D eigenvalue weighted by atomic mass is 31.1. The molecule has 2 atom stereocenters. The lowest BCUT2D eigenvalue weighted by atomic mass is 10.2. The molecule has 0 fully saturated rings. The minimum absolute atomic E-state index is 0.125. The molecule has 4 rings (SSSR count). The number of benzene rings is 4. The summed E-state index contributed by atoms with van der Waals surface area (Å²) in [6.07, 6.45) is 7.92. The fourth-order valence-corrected chi connectivity index (χ4v) is 11.9. The zero-order valence-corrected chi connectivity index (χ0v) is 24.4. The maximum Gasteiger partial charge on any atom is 0.0446 e. The SMILES string of the molecule is C[Si](CCCP(Cc1ccccc1)c1ccccc1)CCCP(Cc1ccccc1)c1ccccc1. The van der Waals surface area contributed by atoms with Crippen LogP contribution in [0.3, 0.4) is 0 Å². The highest BCUT2D eigenvalue weighted by Crippen LogP contribution is 2.41. The smallest absolute Gasteiger partial charge is 0.0446 e. The average Bonchev–Trinajstić information content (AvgIpc) is 2.94. The molecule has 4 aromatic rings. The Morgan fingerprint density at radius 2 is 0.806 bits per heavy atom. The van der Waals surface area contributed by atoms with E-state index >= 15 is 0 Å². The van der Waals surface area contributed by atoms with Crippen LogP contribution in [0, 0.1) is 0 Å². The van der Waals surface area contributed by atoms with Crippen molar-refractivity contribution in [3.63, 3.8) is 0 Å². The summed E-state index contributed by atoms with van der Waals surface area (Å²) in [7, 11) is -0.517. The molecule has 0 aliphatic rings. The van der Waals surface area contributed by atoms with E-state index in [1.165, 1.54) is 60.7 Å². The van der Waals surface area contributed by atoms with Gasteiger partial charge in [-0.25, -0.2) is 0 Å². The van der Waals surface area contributed by atoms with E-state index in [1.807, 2.05) is 0 Å². The van der Waals surface area contributed by atoms with Crippen LogP contribution in [0.15, 0.2) is 121 Å². The van der Waals surface area contributed by atoms with Crippen LogP contribution in [0.2, 0.25) is 18.6 Å². The summed E-state index contributed by atoms with van der Waals surface area (Å²) in [6, 6.07) is 47.6. The third-order valence-corrected chi connectivity index (χ3v) is 14.4. The van der Waals surface area contributed by atoms with Crippen LogP contribution in [-0.4, -0.2) is 21.1 Å². The number of rotatable bonds is 14. The van der Waals surface area contributed by atoms with E-state index in [9.17, 15) is 0 Å². The predicted octanol–water partition coefficient (Wildman–Crippen LogP) is 8.91. The Morgan fingerprint density at radius 3 is 1.17 bits per heavy atom. The molecule has 0 aliphatic carbocycles. The molecule has 0 nitrogen and oxygen atoms in total. The Labute approximate surface area is 223 Å². The highest BCUT2D eigenvalue weighted by Gasteiger charge is 2.15. The first-order valence-corrected chi connectivity index (χ1v) is 19.1. The minimum Gasteiger partial charge on any atom is -0.0711 e. The van der Waals surface area contributed by atoms with Crippen LogP contribution in [0.25, 0.3) is 0 Å². The highest BCUT2D eigenvalue weighted by molar-refractivity contribution is 7.65. The van der Waals surface area contributed by atoms with Crippen LogP contribution in [0.4, 0.5) is 0 Å². The zero-order valence-electron chi connectivity index (χ0n) is 21.6. The third kappa shape index (κ3) is 9.12. The van der Waals surface area contributed by atoms with Crippen molar-refractivity contribution in [1.29, 1.82) is 0 Å². The summed E-state index contributed by atoms with van der Waals surface area (Å²) in [5, 5.41) is 3.13. The van der Waals surface area contributed by atoms with Crippen LogP contribution in [0.1, 0.15) is 24.0 Å². The van der Waals surface area contributed by atoms with Crippen molar-refractivity contribution in [2.75, 3.05) is 12.3 Å².